The number of allylic oxidation sites excluding steroid dienone is 1. The molecule has 0 aliphatic carbocycles. The van der Waals surface area contributed by atoms with Crippen molar-refractivity contribution in [3.05, 3.63) is 53.1 Å². The average Bonchev–Trinajstić information content (AvgIpc) is 2.95. The quantitative estimate of drug-likeness (QED) is 0.630. The molecular formula is C20H22ClN3O. The van der Waals surface area contributed by atoms with Crippen LogP contribution in [0.25, 0.3) is 22.3 Å². The molecule has 0 saturated heterocycles. The summed E-state index contributed by atoms with van der Waals surface area (Å²) >= 11 is 6.07. The van der Waals surface area contributed by atoms with Crippen LogP contribution in [0, 0.1) is 0 Å². The van der Waals surface area contributed by atoms with Crippen LogP contribution in [-0.2, 0) is 5.41 Å². The van der Waals surface area contributed by atoms with Crippen LogP contribution in [0.5, 0.6) is 5.75 Å². The smallest absolute Gasteiger partial charge is 0.153 e. The zero-order valence-electron chi connectivity index (χ0n) is 15.2. The van der Waals surface area contributed by atoms with Gasteiger partial charge in [-0.3, -0.25) is 0 Å². The minimum atomic E-state index is -0.0267. The average molecular weight is 356 g/mol. The van der Waals surface area contributed by atoms with Gasteiger partial charge in [0.2, 0.25) is 0 Å². The summed E-state index contributed by atoms with van der Waals surface area (Å²) in [5.41, 5.74) is 5.35. The van der Waals surface area contributed by atoms with Crippen molar-refractivity contribution in [2.24, 2.45) is 0 Å². The summed E-state index contributed by atoms with van der Waals surface area (Å²) in [4.78, 5) is 1.61. The first-order valence-electron chi connectivity index (χ1n) is 8.12. The van der Waals surface area contributed by atoms with Crippen molar-refractivity contribution in [2.45, 2.75) is 33.1 Å². The monoisotopic (exact) mass is 355 g/mol. The van der Waals surface area contributed by atoms with Crippen LogP contribution in [0.1, 0.15) is 38.8 Å². The molecule has 0 N–H and O–H groups in total. The van der Waals surface area contributed by atoms with Crippen LogP contribution < -0.4 is 4.74 Å². The Morgan fingerprint density at radius 1 is 1.12 bits per heavy atom. The largest absolute Gasteiger partial charge is 0.494 e. The summed E-state index contributed by atoms with van der Waals surface area (Å²) in [6.45, 7) is 12.6. The fourth-order valence-electron chi connectivity index (χ4n) is 2.72. The molecule has 4 nitrogen and oxygen atoms in total. The van der Waals surface area contributed by atoms with Crippen LogP contribution in [0.3, 0.4) is 0 Å². The third-order valence-electron chi connectivity index (χ3n) is 4.16. The molecule has 5 heteroatoms. The van der Waals surface area contributed by atoms with E-state index in [-0.39, 0.29) is 5.41 Å². The van der Waals surface area contributed by atoms with E-state index >= 15 is 0 Å². The first-order chi connectivity index (χ1) is 11.7. The number of aromatic nitrogens is 3. The summed E-state index contributed by atoms with van der Waals surface area (Å²) in [6, 6.07) is 9.68. The second-order valence-electron chi connectivity index (χ2n) is 7.23. The van der Waals surface area contributed by atoms with Gasteiger partial charge in [-0.1, -0.05) is 39.0 Å². The molecule has 25 heavy (non-hydrogen) atoms. The lowest BCUT2D eigenvalue weighted by atomic mass is 9.85. The fourth-order valence-corrected chi connectivity index (χ4v) is 2.89. The zero-order chi connectivity index (χ0) is 18.4. The molecule has 0 fully saturated rings. The molecule has 0 unspecified atom stereocenters. The third-order valence-corrected chi connectivity index (χ3v) is 4.39. The van der Waals surface area contributed by atoms with Gasteiger partial charge in [-0.15, -0.1) is 15.0 Å². The summed E-state index contributed by atoms with van der Waals surface area (Å²) in [6.07, 6.45) is 0. The molecule has 1 heterocycles. The van der Waals surface area contributed by atoms with Gasteiger partial charge in [0.1, 0.15) is 16.7 Å². The number of rotatable bonds is 3. The predicted octanol–water partition coefficient (Wildman–Crippen LogP) is 5.41. The Balaban J connectivity index is 2.31. The lowest BCUT2D eigenvalue weighted by Crippen LogP contribution is -2.14. The molecule has 0 aliphatic rings. The van der Waals surface area contributed by atoms with E-state index in [2.05, 4.69) is 49.7 Å². The van der Waals surface area contributed by atoms with Crippen molar-refractivity contribution >= 4 is 28.2 Å². The SMILES string of the molecule is C=C(C)c1cc(C(C)(C)C)cc(-n2nc3ccc(Cl)cc3n2)c1OC. The minimum Gasteiger partial charge on any atom is -0.494 e. The third kappa shape index (κ3) is 3.27. The van der Waals surface area contributed by atoms with Crippen molar-refractivity contribution in [1.29, 1.82) is 0 Å². The van der Waals surface area contributed by atoms with Crippen molar-refractivity contribution in [1.82, 2.24) is 15.0 Å². The van der Waals surface area contributed by atoms with Gasteiger partial charge in [-0.05, 0) is 53.8 Å². The summed E-state index contributed by atoms with van der Waals surface area (Å²) in [5.74, 6) is 0.715. The van der Waals surface area contributed by atoms with Crippen molar-refractivity contribution < 1.29 is 4.74 Å². The highest BCUT2D eigenvalue weighted by Crippen LogP contribution is 2.36. The van der Waals surface area contributed by atoms with Gasteiger partial charge in [0.05, 0.1) is 7.11 Å². The second kappa shape index (κ2) is 6.19. The number of methoxy groups -OCH3 is 1. The predicted molar refractivity (Wildman–Crippen MR) is 104 cm³/mol. The van der Waals surface area contributed by atoms with Crippen LogP contribution in [0.2, 0.25) is 5.02 Å². The first-order valence-corrected chi connectivity index (χ1v) is 8.50. The number of nitrogens with zero attached hydrogens (tertiary/aromatic N) is 3. The second-order valence-corrected chi connectivity index (χ2v) is 7.67. The van der Waals surface area contributed by atoms with Gasteiger partial charge in [0, 0.05) is 10.6 Å². The minimum absolute atomic E-state index is 0.0267. The normalized spacial score (nSPS) is 11.8. The van der Waals surface area contributed by atoms with Crippen LogP contribution in [0.15, 0.2) is 36.9 Å². The molecule has 0 saturated carbocycles. The molecule has 0 aliphatic heterocycles. The van der Waals surface area contributed by atoms with Gasteiger partial charge < -0.3 is 4.74 Å². The molecule has 130 valence electrons. The maximum atomic E-state index is 6.07. The molecule has 0 bridgehead atoms. The van der Waals surface area contributed by atoms with Crippen LogP contribution >= 0.6 is 11.6 Å². The molecule has 0 atom stereocenters. The van der Waals surface area contributed by atoms with Crippen LogP contribution in [0.4, 0.5) is 0 Å². The van der Waals surface area contributed by atoms with E-state index in [0.717, 1.165) is 27.9 Å². The standard InChI is InChI=1S/C20H22ClN3O/c1-12(2)15-9-13(20(3,4)5)10-18(19(15)25-6)24-22-16-8-7-14(21)11-17(16)23-24/h7-11H,1H2,2-6H3. The van der Waals surface area contributed by atoms with Crippen molar-refractivity contribution in [2.75, 3.05) is 7.11 Å². The topological polar surface area (TPSA) is 39.9 Å². The Morgan fingerprint density at radius 3 is 2.40 bits per heavy atom. The molecule has 0 amide bonds. The summed E-state index contributed by atoms with van der Waals surface area (Å²) in [5, 5.41) is 9.82. The summed E-state index contributed by atoms with van der Waals surface area (Å²) in [7, 11) is 1.65. The van der Waals surface area contributed by atoms with Gasteiger partial charge in [0.25, 0.3) is 0 Å². The molecule has 3 rings (SSSR count). The number of hydrogen-bond donors (Lipinski definition) is 0. The van der Waals surface area contributed by atoms with E-state index in [1.54, 1.807) is 18.0 Å². The molecule has 0 spiro atoms. The number of benzene rings is 2. The number of halogens is 1. The van der Waals surface area contributed by atoms with E-state index in [1.807, 2.05) is 19.1 Å². The van der Waals surface area contributed by atoms with Crippen molar-refractivity contribution in [3.63, 3.8) is 0 Å². The van der Waals surface area contributed by atoms with Gasteiger partial charge in [-0.25, -0.2) is 0 Å². The highest BCUT2D eigenvalue weighted by molar-refractivity contribution is 6.31. The van der Waals surface area contributed by atoms with E-state index in [1.165, 1.54) is 5.56 Å². The Kier molecular flexibility index (Phi) is 4.33. The fraction of sp³-hybridized carbons (Fsp3) is 0.300. The Hall–Kier alpha value is -2.33. The molecule has 2 aromatic carbocycles. The molecular weight excluding hydrogens is 334 g/mol. The van der Waals surface area contributed by atoms with Gasteiger partial charge in [-0.2, -0.15) is 0 Å². The van der Waals surface area contributed by atoms with E-state index < -0.39 is 0 Å². The lowest BCUT2D eigenvalue weighted by Gasteiger charge is -2.23. The van der Waals surface area contributed by atoms with Gasteiger partial charge >= 0.3 is 0 Å². The number of ether oxygens (including phenoxy) is 1. The lowest BCUT2D eigenvalue weighted by molar-refractivity contribution is 0.408. The maximum absolute atomic E-state index is 6.07. The van der Waals surface area contributed by atoms with Crippen LogP contribution in [-0.4, -0.2) is 22.1 Å². The Bertz CT molecular complexity index is 967. The highest BCUT2D eigenvalue weighted by Gasteiger charge is 2.22. The Labute approximate surface area is 153 Å². The van der Waals surface area contributed by atoms with Gasteiger partial charge in [0.15, 0.2) is 5.75 Å². The molecule has 3 aromatic rings. The molecule has 1 aromatic heterocycles. The zero-order valence-corrected chi connectivity index (χ0v) is 16.0. The number of hydrogen-bond acceptors (Lipinski definition) is 3. The van der Waals surface area contributed by atoms with E-state index in [4.69, 9.17) is 16.3 Å². The highest BCUT2D eigenvalue weighted by atomic mass is 35.5. The summed E-state index contributed by atoms with van der Waals surface area (Å²) < 4.78 is 5.69. The number of fused-ring (bicyclic) bond motifs is 1. The van der Waals surface area contributed by atoms with Crippen molar-refractivity contribution in [3.8, 4) is 11.4 Å². The Morgan fingerprint density at radius 2 is 1.80 bits per heavy atom. The van der Waals surface area contributed by atoms with E-state index in [0.29, 0.717) is 10.8 Å². The van der Waals surface area contributed by atoms with E-state index in [9.17, 15) is 0 Å². The maximum Gasteiger partial charge on any atom is 0.153 e. The first kappa shape index (κ1) is 17.5. The molecule has 0 radical (unpaired) electrons.